The Morgan fingerprint density at radius 1 is 1.47 bits per heavy atom. The molecule has 1 amide bonds. The second-order valence-corrected chi connectivity index (χ2v) is 4.63. The zero-order valence-electron chi connectivity index (χ0n) is 10.3. The summed E-state index contributed by atoms with van der Waals surface area (Å²) in [6.45, 7) is 8.77. The molecule has 0 aromatic heterocycles. The van der Waals surface area contributed by atoms with Crippen LogP contribution in [0.1, 0.15) is 27.7 Å². The predicted octanol–water partition coefficient (Wildman–Crippen LogP) is 0.824. The van der Waals surface area contributed by atoms with Crippen LogP contribution in [0.3, 0.4) is 0 Å². The van der Waals surface area contributed by atoms with Gasteiger partial charge in [0.05, 0.1) is 24.9 Å². The molecular formula is C11H22N2O2. The summed E-state index contributed by atoms with van der Waals surface area (Å²) >= 11 is 0. The molecule has 0 radical (unpaired) electrons. The van der Waals surface area contributed by atoms with Gasteiger partial charge in [0.2, 0.25) is 5.91 Å². The van der Waals surface area contributed by atoms with E-state index in [1.165, 1.54) is 0 Å². The number of ether oxygens (including phenoxy) is 1. The van der Waals surface area contributed by atoms with E-state index in [1.54, 1.807) is 7.11 Å². The Balaban J connectivity index is 2.76. The molecule has 88 valence electrons. The fourth-order valence-corrected chi connectivity index (χ4v) is 2.09. The maximum Gasteiger partial charge on any atom is 0.241 e. The van der Waals surface area contributed by atoms with Gasteiger partial charge >= 0.3 is 0 Å². The van der Waals surface area contributed by atoms with Crippen LogP contribution in [-0.4, -0.2) is 42.8 Å². The fraction of sp³-hybridized carbons (Fsp3) is 0.909. The molecule has 3 unspecified atom stereocenters. The van der Waals surface area contributed by atoms with Crippen molar-refractivity contribution in [3.05, 3.63) is 0 Å². The molecule has 1 aliphatic heterocycles. The van der Waals surface area contributed by atoms with E-state index >= 15 is 0 Å². The van der Waals surface area contributed by atoms with Gasteiger partial charge in [-0.05, 0) is 19.8 Å². The maximum absolute atomic E-state index is 11.9. The standard InChI is InChI=1S/C11H22N2O2/c1-7(2)10-12-9(4)11(14)13(10)8(3)6-15-5/h7-10,12H,6H2,1-5H3. The van der Waals surface area contributed by atoms with Crippen molar-refractivity contribution in [1.29, 1.82) is 0 Å². The van der Waals surface area contributed by atoms with Gasteiger partial charge in [-0.15, -0.1) is 0 Å². The van der Waals surface area contributed by atoms with Gasteiger partial charge in [0, 0.05) is 7.11 Å². The number of carbonyl (C=O) groups is 1. The number of rotatable bonds is 4. The second-order valence-electron chi connectivity index (χ2n) is 4.63. The van der Waals surface area contributed by atoms with E-state index in [4.69, 9.17) is 4.74 Å². The highest BCUT2D eigenvalue weighted by atomic mass is 16.5. The summed E-state index contributed by atoms with van der Waals surface area (Å²) < 4.78 is 5.11. The first-order valence-corrected chi connectivity index (χ1v) is 5.56. The first-order valence-electron chi connectivity index (χ1n) is 5.56. The molecule has 4 nitrogen and oxygen atoms in total. The molecule has 4 heteroatoms. The maximum atomic E-state index is 11.9. The lowest BCUT2D eigenvalue weighted by Crippen LogP contribution is -2.47. The Morgan fingerprint density at radius 2 is 2.07 bits per heavy atom. The molecule has 1 heterocycles. The van der Waals surface area contributed by atoms with Crippen LogP contribution in [0, 0.1) is 5.92 Å². The van der Waals surface area contributed by atoms with Crippen molar-refractivity contribution in [2.24, 2.45) is 5.92 Å². The fourth-order valence-electron chi connectivity index (χ4n) is 2.09. The lowest BCUT2D eigenvalue weighted by molar-refractivity contribution is -0.133. The van der Waals surface area contributed by atoms with E-state index in [0.29, 0.717) is 12.5 Å². The number of nitrogens with one attached hydrogen (secondary N) is 1. The molecule has 1 aliphatic rings. The van der Waals surface area contributed by atoms with Gasteiger partial charge in [0.25, 0.3) is 0 Å². The molecular weight excluding hydrogens is 192 g/mol. The van der Waals surface area contributed by atoms with Crippen molar-refractivity contribution < 1.29 is 9.53 Å². The van der Waals surface area contributed by atoms with E-state index in [2.05, 4.69) is 19.2 Å². The molecule has 1 N–H and O–H groups in total. The van der Waals surface area contributed by atoms with E-state index in [0.717, 1.165) is 0 Å². The molecule has 3 atom stereocenters. The van der Waals surface area contributed by atoms with Crippen LogP contribution in [0.2, 0.25) is 0 Å². The number of nitrogens with zero attached hydrogens (tertiary/aromatic N) is 1. The average Bonchev–Trinajstić information content (AvgIpc) is 2.44. The molecule has 0 aliphatic carbocycles. The Morgan fingerprint density at radius 3 is 2.53 bits per heavy atom. The van der Waals surface area contributed by atoms with Crippen molar-refractivity contribution in [3.63, 3.8) is 0 Å². The van der Waals surface area contributed by atoms with Crippen molar-refractivity contribution in [2.45, 2.75) is 45.9 Å². The molecule has 1 rings (SSSR count). The van der Waals surface area contributed by atoms with Crippen molar-refractivity contribution >= 4 is 5.91 Å². The van der Waals surface area contributed by atoms with Crippen LogP contribution in [0.25, 0.3) is 0 Å². The van der Waals surface area contributed by atoms with Gasteiger partial charge < -0.3 is 9.64 Å². The Bertz CT molecular complexity index is 231. The van der Waals surface area contributed by atoms with E-state index < -0.39 is 0 Å². The van der Waals surface area contributed by atoms with Gasteiger partial charge in [-0.2, -0.15) is 0 Å². The Hall–Kier alpha value is -0.610. The number of amides is 1. The Kier molecular flexibility index (Phi) is 4.11. The van der Waals surface area contributed by atoms with E-state index in [9.17, 15) is 4.79 Å². The quantitative estimate of drug-likeness (QED) is 0.753. The molecule has 0 aromatic rings. The van der Waals surface area contributed by atoms with Crippen LogP contribution in [0.5, 0.6) is 0 Å². The predicted molar refractivity (Wildman–Crippen MR) is 59.4 cm³/mol. The topological polar surface area (TPSA) is 41.6 Å². The van der Waals surface area contributed by atoms with E-state index in [1.807, 2.05) is 18.7 Å². The van der Waals surface area contributed by atoms with Crippen LogP contribution in [0.4, 0.5) is 0 Å². The number of hydrogen-bond acceptors (Lipinski definition) is 3. The smallest absolute Gasteiger partial charge is 0.241 e. The lowest BCUT2D eigenvalue weighted by atomic mass is 10.1. The summed E-state index contributed by atoms with van der Waals surface area (Å²) in [5, 5.41) is 3.31. The molecule has 0 aromatic carbocycles. The number of methoxy groups -OCH3 is 1. The van der Waals surface area contributed by atoms with E-state index in [-0.39, 0.29) is 24.2 Å². The SMILES string of the molecule is COCC(C)N1C(=O)C(C)NC1C(C)C. The highest BCUT2D eigenvalue weighted by molar-refractivity contribution is 5.84. The van der Waals surface area contributed by atoms with Crippen LogP contribution < -0.4 is 5.32 Å². The first kappa shape index (κ1) is 12.5. The summed E-state index contributed by atoms with van der Waals surface area (Å²) in [5.41, 5.74) is 0. The zero-order valence-corrected chi connectivity index (χ0v) is 10.3. The average molecular weight is 214 g/mol. The van der Waals surface area contributed by atoms with Crippen LogP contribution in [-0.2, 0) is 9.53 Å². The van der Waals surface area contributed by atoms with Gasteiger partial charge in [-0.25, -0.2) is 0 Å². The third-order valence-corrected chi connectivity index (χ3v) is 2.86. The second kappa shape index (κ2) is 4.94. The minimum Gasteiger partial charge on any atom is -0.383 e. The molecule has 1 fully saturated rings. The highest BCUT2D eigenvalue weighted by Gasteiger charge is 2.40. The number of carbonyl (C=O) groups excluding carboxylic acids is 1. The summed E-state index contributed by atoms with van der Waals surface area (Å²) in [6, 6.07) is 0.0593. The van der Waals surface area contributed by atoms with Crippen molar-refractivity contribution in [3.8, 4) is 0 Å². The Labute approximate surface area is 92.0 Å². The van der Waals surface area contributed by atoms with Gasteiger partial charge in [-0.3, -0.25) is 10.1 Å². The molecule has 0 spiro atoms. The first-order chi connectivity index (χ1) is 6.99. The third kappa shape index (κ3) is 2.49. The molecule has 1 saturated heterocycles. The summed E-state index contributed by atoms with van der Waals surface area (Å²) in [4.78, 5) is 13.9. The summed E-state index contributed by atoms with van der Waals surface area (Å²) in [7, 11) is 1.66. The lowest BCUT2D eigenvalue weighted by Gasteiger charge is -2.32. The van der Waals surface area contributed by atoms with Crippen molar-refractivity contribution in [2.75, 3.05) is 13.7 Å². The zero-order chi connectivity index (χ0) is 11.6. The minimum atomic E-state index is -0.0725. The molecule has 0 bridgehead atoms. The monoisotopic (exact) mass is 214 g/mol. The largest absolute Gasteiger partial charge is 0.383 e. The summed E-state index contributed by atoms with van der Waals surface area (Å²) in [6.07, 6.45) is 0.137. The van der Waals surface area contributed by atoms with Crippen molar-refractivity contribution in [1.82, 2.24) is 10.2 Å². The van der Waals surface area contributed by atoms with Crippen LogP contribution in [0.15, 0.2) is 0 Å². The number of hydrogen-bond donors (Lipinski definition) is 1. The van der Waals surface area contributed by atoms with Gasteiger partial charge in [-0.1, -0.05) is 13.8 Å². The normalized spacial score (nSPS) is 28.9. The molecule has 15 heavy (non-hydrogen) atoms. The third-order valence-electron chi connectivity index (χ3n) is 2.86. The van der Waals surface area contributed by atoms with Gasteiger partial charge in [0.15, 0.2) is 0 Å². The van der Waals surface area contributed by atoms with Crippen LogP contribution >= 0.6 is 0 Å². The minimum absolute atomic E-state index is 0.0725. The summed E-state index contributed by atoms with van der Waals surface area (Å²) in [5.74, 6) is 0.594. The highest BCUT2D eigenvalue weighted by Crippen LogP contribution is 2.20. The van der Waals surface area contributed by atoms with Gasteiger partial charge in [0.1, 0.15) is 0 Å². The molecule has 0 saturated carbocycles.